The summed E-state index contributed by atoms with van der Waals surface area (Å²) in [6.07, 6.45) is 2.45. The molecular formula is C9H8N2O4. The predicted molar refractivity (Wildman–Crippen MR) is 53.0 cm³/mol. The van der Waals surface area contributed by atoms with Crippen molar-refractivity contribution in [1.29, 1.82) is 0 Å². The number of hydrogen-bond donors (Lipinski definition) is 2. The van der Waals surface area contributed by atoms with Gasteiger partial charge in [0.05, 0.1) is 4.92 Å². The van der Waals surface area contributed by atoms with Crippen LogP contribution in [0.15, 0.2) is 24.3 Å². The number of aromatic hydroxyl groups is 1. The van der Waals surface area contributed by atoms with Crippen LogP contribution >= 0.6 is 0 Å². The van der Waals surface area contributed by atoms with Crippen molar-refractivity contribution in [3.8, 4) is 5.75 Å². The topological polar surface area (TPSA) is 106 Å². The van der Waals surface area contributed by atoms with Crippen molar-refractivity contribution in [2.24, 2.45) is 5.73 Å². The van der Waals surface area contributed by atoms with E-state index in [9.17, 15) is 20.0 Å². The molecule has 0 aliphatic heterocycles. The summed E-state index contributed by atoms with van der Waals surface area (Å²) in [4.78, 5) is 20.1. The van der Waals surface area contributed by atoms with E-state index in [-0.39, 0.29) is 5.69 Å². The summed E-state index contributed by atoms with van der Waals surface area (Å²) in [5, 5.41) is 19.6. The van der Waals surface area contributed by atoms with Gasteiger partial charge < -0.3 is 10.8 Å². The van der Waals surface area contributed by atoms with Crippen molar-refractivity contribution >= 4 is 17.7 Å². The van der Waals surface area contributed by atoms with Gasteiger partial charge in [0.25, 0.3) is 0 Å². The predicted octanol–water partition coefficient (Wildman–Crippen LogP) is 0.799. The number of rotatable bonds is 3. The van der Waals surface area contributed by atoms with Crippen LogP contribution < -0.4 is 5.73 Å². The normalized spacial score (nSPS) is 10.4. The average molecular weight is 208 g/mol. The Morgan fingerprint density at radius 3 is 2.67 bits per heavy atom. The fourth-order valence-corrected chi connectivity index (χ4v) is 0.977. The quantitative estimate of drug-likeness (QED) is 0.435. The number of carbonyl (C=O) groups is 1. The van der Waals surface area contributed by atoms with Crippen LogP contribution in [-0.4, -0.2) is 15.9 Å². The minimum Gasteiger partial charge on any atom is -0.502 e. The number of primary amides is 1. The number of carbonyl (C=O) groups excluding carboxylic acids is 1. The van der Waals surface area contributed by atoms with Crippen LogP contribution in [0.5, 0.6) is 5.75 Å². The van der Waals surface area contributed by atoms with E-state index in [2.05, 4.69) is 0 Å². The van der Waals surface area contributed by atoms with Crippen LogP contribution in [0.3, 0.4) is 0 Å². The molecule has 0 saturated heterocycles. The van der Waals surface area contributed by atoms with E-state index in [0.717, 1.165) is 12.1 Å². The molecule has 0 heterocycles. The molecule has 78 valence electrons. The van der Waals surface area contributed by atoms with Crippen molar-refractivity contribution in [2.75, 3.05) is 0 Å². The minimum atomic E-state index is -0.698. The number of phenols is 1. The lowest BCUT2D eigenvalue weighted by atomic mass is 10.2. The maximum atomic E-state index is 10.4. The Bertz CT molecular complexity index is 440. The van der Waals surface area contributed by atoms with E-state index in [1.54, 1.807) is 0 Å². The van der Waals surface area contributed by atoms with Crippen molar-refractivity contribution in [3.05, 3.63) is 40.0 Å². The summed E-state index contributed by atoms with van der Waals surface area (Å²) >= 11 is 0. The Morgan fingerprint density at radius 2 is 2.20 bits per heavy atom. The van der Waals surface area contributed by atoms with Crippen LogP contribution in [0.2, 0.25) is 0 Å². The van der Waals surface area contributed by atoms with E-state index < -0.39 is 16.6 Å². The Labute approximate surface area is 84.8 Å². The molecule has 6 heteroatoms. The summed E-state index contributed by atoms with van der Waals surface area (Å²) in [5.41, 5.74) is 4.93. The Balaban J connectivity index is 3.01. The van der Waals surface area contributed by atoms with Gasteiger partial charge in [-0.2, -0.15) is 0 Å². The van der Waals surface area contributed by atoms with Crippen LogP contribution in [-0.2, 0) is 4.79 Å². The summed E-state index contributed by atoms with van der Waals surface area (Å²) in [6, 6.07) is 3.73. The largest absolute Gasteiger partial charge is 0.502 e. The van der Waals surface area contributed by atoms with Gasteiger partial charge in [-0.05, 0) is 23.8 Å². The lowest BCUT2D eigenvalue weighted by Crippen LogP contribution is -2.05. The maximum absolute atomic E-state index is 10.4. The lowest BCUT2D eigenvalue weighted by Gasteiger charge is -1.97. The van der Waals surface area contributed by atoms with E-state index in [1.165, 1.54) is 18.2 Å². The number of nitrogens with zero attached hydrogens (tertiary/aromatic N) is 1. The number of benzene rings is 1. The first kappa shape index (κ1) is 10.7. The second-order valence-electron chi connectivity index (χ2n) is 2.74. The zero-order valence-electron chi connectivity index (χ0n) is 7.58. The molecule has 0 spiro atoms. The molecule has 0 saturated carbocycles. The molecule has 0 atom stereocenters. The first-order valence-corrected chi connectivity index (χ1v) is 3.95. The highest BCUT2D eigenvalue weighted by Gasteiger charge is 2.11. The van der Waals surface area contributed by atoms with Crippen molar-refractivity contribution in [2.45, 2.75) is 0 Å². The zero-order chi connectivity index (χ0) is 11.4. The van der Waals surface area contributed by atoms with E-state index in [0.29, 0.717) is 5.56 Å². The Kier molecular flexibility index (Phi) is 3.02. The van der Waals surface area contributed by atoms with E-state index in [1.807, 2.05) is 0 Å². The highest BCUT2D eigenvalue weighted by molar-refractivity contribution is 5.90. The molecule has 0 fully saturated rings. The van der Waals surface area contributed by atoms with Gasteiger partial charge in [0.1, 0.15) is 0 Å². The van der Waals surface area contributed by atoms with Crippen LogP contribution in [0.4, 0.5) is 5.69 Å². The number of nitro benzene ring substituents is 1. The molecule has 0 aromatic heterocycles. The van der Waals surface area contributed by atoms with Crippen LogP contribution in [0.25, 0.3) is 6.08 Å². The standard InChI is InChI=1S/C9H8N2O4/c10-9(13)4-2-6-1-3-7(11(14)15)8(12)5-6/h1-5,12H,(H2,10,13)/b4-2+. The molecule has 6 nitrogen and oxygen atoms in total. The smallest absolute Gasteiger partial charge is 0.310 e. The van der Waals surface area contributed by atoms with E-state index in [4.69, 9.17) is 5.73 Å². The molecule has 15 heavy (non-hydrogen) atoms. The molecule has 1 aromatic rings. The summed E-state index contributed by atoms with van der Waals surface area (Å²) in [5.74, 6) is -1.08. The maximum Gasteiger partial charge on any atom is 0.310 e. The molecule has 0 bridgehead atoms. The minimum absolute atomic E-state index is 0.383. The molecule has 3 N–H and O–H groups in total. The molecule has 0 aliphatic rings. The van der Waals surface area contributed by atoms with Gasteiger partial charge in [0.15, 0.2) is 5.75 Å². The Morgan fingerprint density at radius 1 is 1.53 bits per heavy atom. The second-order valence-corrected chi connectivity index (χ2v) is 2.74. The fourth-order valence-electron chi connectivity index (χ4n) is 0.977. The average Bonchev–Trinajstić information content (AvgIpc) is 2.14. The lowest BCUT2D eigenvalue weighted by molar-refractivity contribution is -0.385. The third kappa shape index (κ3) is 2.80. The van der Waals surface area contributed by atoms with Gasteiger partial charge in [-0.25, -0.2) is 0 Å². The molecule has 0 unspecified atom stereocenters. The summed E-state index contributed by atoms with van der Waals surface area (Å²) in [7, 11) is 0. The number of nitro groups is 1. The fraction of sp³-hybridized carbons (Fsp3) is 0. The van der Waals surface area contributed by atoms with Gasteiger partial charge in [-0.15, -0.1) is 0 Å². The third-order valence-corrected chi connectivity index (χ3v) is 1.64. The number of phenolic OH excluding ortho intramolecular Hbond substituents is 1. The monoisotopic (exact) mass is 208 g/mol. The zero-order valence-corrected chi connectivity index (χ0v) is 7.58. The molecule has 0 aliphatic carbocycles. The Hall–Kier alpha value is -2.37. The van der Waals surface area contributed by atoms with Gasteiger partial charge >= 0.3 is 5.69 Å². The molecular weight excluding hydrogens is 200 g/mol. The van der Waals surface area contributed by atoms with Gasteiger partial charge in [0, 0.05) is 12.1 Å². The summed E-state index contributed by atoms with van der Waals surface area (Å²) < 4.78 is 0. The highest BCUT2D eigenvalue weighted by atomic mass is 16.6. The summed E-state index contributed by atoms with van der Waals surface area (Å²) in [6.45, 7) is 0. The van der Waals surface area contributed by atoms with Crippen molar-refractivity contribution in [1.82, 2.24) is 0 Å². The van der Waals surface area contributed by atoms with Gasteiger partial charge in [0.2, 0.25) is 5.91 Å². The second kappa shape index (κ2) is 4.23. The molecule has 1 rings (SSSR count). The molecule has 0 radical (unpaired) electrons. The molecule has 1 aromatic carbocycles. The number of hydrogen-bond acceptors (Lipinski definition) is 4. The number of amides is 1. The molecule has 1 amide bonds. The third-order valence-electron chi connectivity index (χ3n) is 1.64. The van der Waals surface area contributed by atoms with Gasteiger partial charge in [-0.3, -0.25) is 14.9 Å². The highest BCUT2D eigenvalue weighted by Crippen LogP contribution is 2.26. The first-order valence-electron chi connectivity index (χ1n) is 3.95. The van der Waals surface area contributed by atoms with E-state index >= 15 is 0 Å². The SMILES string of the molecule is NC(=O)/C=C/c1ccc([N+](=O)[O-])c(O)c1. The van der Waals surface area contributed by atoms with Crippen LogP contribution in [0, 0.1) is 10.1 Å². The van der Waals surface area contributed by atoms with Crippen molar-refractivity contribution < 1.29 is 14.8 Å². The first-order chi connectivity index (χ1) is 7.00. The van der Waals surface area contributed by atoms with Crippen LogP contribution in [0.1, 0.15) is 5.56 Å². The van der Waals surface area contributed by atoms with Crippen molar-refractivity contribution in [3.63, 3.8) is 0 Å². The van der Waals surface area contributed by atoms with Gasteiger partial charge in [-0.1, -0.05) is 0 Å². The number of nitrogens with two attached hydrogens (primary N) is 1.